The second-order valence-electron chi connectivity index (χ2n) is 5.03. The zero-order chi connectivity index (χ0) is 12.6. The van der Waals surface area contributed by atoms with Gasteiger partial charge >= 0.3 is 0 Å². The molecule has 3 nitrogen and oxygen atoms in total. The Balaban J connectivity index is 2.64. The number of nitriles is 2. The lowest BCUT2D eigenvalue weighted by molar-refractivity contribution is 0.176. The van der Waals surface area contributed by atoms with Crippen molar-refractivity contribution in [3.63, 3.8) is 0 Å². The predicted octanol–water partition coefficient (Wildman–Crippen LogP) is 2.61. The highest BCUT2D eigenvalue weighted by Crippen LogP contribution is 2.36. The van der Waals surface area contributed by atoms with Crippen LogP contribution in [0.15, 0.2) is 0 Å². The Bertz CT molecular complexity index is 279. The van der Waals surface area contributed by atoms with E-state index >= 15 is 0 Å². The Labute approximate surface area is 110 Å². The fourth-order valence-corrected chi connectivity index (χ4v) is 3.10. The summed E-state index contributed by atoms with van der Waals surface area (Å²) in [4.78, 5) is 1.96. The van der Waals surface area contributed by atoms with E-state index in [0.29, 0.717) is 13.1 Å². The summed E-state index contributed by atoms with van der Waals surface area (Å²) in [6.45, 7) is 1.55. The first-order valence-electron chi connectivity index (χ1n) is 6.33. The summed E-state index contributed by atoms with van der Waals surface area (Å²) in [5.41, 5.74) is 0.216. The quantitative estimate of drug-likeness (QED) is 0.464. The minimum atomic E-state index is 0.216. The second kappa shape index (κ2) is 7.58. The summed E-state index contributed by atoms with van der Waals surface area (Å²) in [6.07, 6.45) is 7.51. The van der Waals surface area contributed by atoms with Gasteiger partial charge in [-0.15, -0.1) is 0 Å². The molecule has 0 N–H and O–H groups in total. The Morgan fingerprint density at radius 2 is 1.53 bits per heavy atom. The van der Waals surface area contributed by atoms with E-state index in [9.17, 15) is 0 Å². The Morgan fingerprint density at radius 3 is 1.94 bits per heavy atom. The molecule has 17 heavy (non-hydrogen) atoms. The lowest BCUT2D eigenvalue weighted by atomic mass is 9.81. The van der Waals surface area contributed by atoms with Crippen molar-refractivity contribution in [3.8, 4) is 12.1 Å². The molecule has 0 saturated heterocycles. The molecule has 0 aromatic carbocycles. The van der Waals surface area contributed by atoms with E-state index in [1.165, 1.54) is 38.5 Å². The van der Waals surface area contributed by atoms with Gasteiger partial charge in [0.25, 0.3) is 0 Å². The van der Waals surface area contributed by atoms with Gasteiger partial charge in [0.2, 0.25) is 0 Å². The third-order valence-electron chi connectivity index (χ3n) is 3.65. The molecule has 1 aliphatic carbocycles. The molecule has 0 aliphatic heterocycles. The van der Waals surface area contributed by atoms with Crippen LogP contribution in [0.2, 0.25) is 0 Å². The summed E-state index contributed by atoms with van der Waals surface area (Å²) < 4.78 is 0. The molecule has 4 heteroatoms. The molecule has 1 aliphatic rings. The molecule has 1 fully saturated rings. The molecule has 1 rings (SSSR count). The van der Waals surface area contributed by atoms with Crippen molar-refractivity contribution >= 4 is 12.6 Å². The molecular weight excluding hydrogens is 230 g/mol. The first-order valence-corrected chi connectivity index (χ1v) is 6.97. The van der Waals surface area contributed by atoms with Crippen LogP contribution < -0.4 is 0 Å². The lowest BCUT2D eigenvalue weighted by Gasteiger charge is -2.35. The van der Waals surface area contributed by atoms with Crippen molar-refractivity contribution in [3.05, 3.63) is 0 Å². The van der Waals surface area contributed by atoms with E-state index in [-0.39, 0.29) is 5.41 Å². The fourth-order valence-electron chi connectivity index (χ4n) is 2.69. The van der Waals surface area contributed by atoms with Gasteiger partial charge < -0.3 is 0 Å². The smallest absolute Gasteiger partial charge is 0.0874 e. The molecule has 0 unspecified atom stereocenters. The Morgan fingerprint density at radius 1 is 1.00 bits per heavy atom. The highest BCUT2D eigenvalue weighted by Gasteiger charge is 2.31. The molecule has 0 amide bonds. The zero-order valence-corrected chi connectivity index (χ0v) is 11.3. The Hall–Kier alpha value is -0.710. The van der Waals surface area contributed by atoms with Crippen LogP contribution in [0.25, 0.3) is 0 Å². The fraction of sp³-hybridized carbons (Fsp3) is 0.846. The van der Waals surface area contributed by atoms with E-state index in [0.717, 1.165) is 12.3 Å². The van der Waals surface area contributed by atoms with Gasteiger partial charge in [-0.25, -0.2) is 0 Å². The van der Waals surface area contributed by atoms with E-state index in [4.69, 9.17) is 10.5 Å². The van der Waals surface area contributed by atoms with Gasteiger partial charge in [0.05, 0.1) is 25.2 Å². The average molecular weight is 251 g/mol. The maximum atomic E-state index is 8.78. The van der Waals surface area contributed by atoms with Crippen LogP contribution in [0.1, 0.15) is 38.5 Å². The molecule has 0 aromatic rings. The van der Waals surface area contributed by atoms with E-state index in [2.05, 4.69) is 24.8 Å². The van der Waals surface area contributed by atoms with E-state index in [1.54, 1.807) is 0 Å². The zero-order valence-electron chi connectivity index (χ0n) is 10.4. The maximum absolute atomic E-state index is 8.78. The number of hydrogen-bond acceptors (Lipinski definition) is 4. The molecule has 1 saturated carbocycles. The summed E-state index contributed by atoms with van der Waals surface area (Å²) >= 11 is 4.52. The third-order valence-corrected chi connectivity index (χ3v) is 4.32. The largest absolute Gasteiger partial charge is 0.277 e. The summed E-state index contributed by atoms with van der Waals surface area (Å²) in [5, 5.41) is 17.6. The topological polar surface area (TPSA) is 50.8 Å². The van der Waals surface area contributed by atoms with Gasteiger partial charge in [-0.05, 0) is 24.0 Å². The minimum Gasteiger partial charge on any atom is -0.277 e. The highest BCUT2D eigenvalue weighted by molar-refractivity contribution is 7.80. The molecular formula is C13H21N3S. The first kappa shape index (κ1) is 14.4. The van der Waals surface area contributed by atoms with Gasteiger partial charge in [0.15, 0.2) is 0 Å². The van der Waals surface area contributed by atoms with Gasteiger partial charge in [-0.3, -0.25) is 4.90 Å². The standard InChI is InChI=1S/C13H21N3S/c14-7-9-16(10-8-15)11-13(12-17)5-3-1-2-4-6-13/h17H,1-6,9-12H2. The molecule has 0 bridgehead atoms. The van der Waals surface area contributed by atoms with E-state index < -0.39 is 0 Å². The van der Waals surface area contributed by atoms with Crippen LogP contribution in [0.5, 0.6) is 0 Å². The molecule has 0 spiro atoms. The SMILES string of the molecule is N#CCN(CC#N)CC1(CS)CCCCCC1. The van der Waals surface area contributed by atoms with Gasteiger partial charge in [-0.2, -0.15) is 23.2 Å². The van der Waals surface area contributed by atoms with Crippen LogP contribution in [-0.2, 0) is 0 Å². The van der Waals surface area contributed by atoms with Crippen molar-refractivity contribution in [1.82, 2.24) is 4.90 Å². The molecule has 0 radical (unpaired) electrons. The lowest BCUT2D eigenvalue weighted by Crippen LogP contribution is -2.39. The molecule has 94 valence electrons. The predicted molar refractivity (Wildman–Crippen MR) is 71.7 cm³/mol. The molecule has 0 aromatic heterocycles. The van der Waals surface area contributed by atoms with Crippen molar-refractivity contribution in [2.45, 2.75) is 38.5 Å². The number of thiol groups is 1. The van der Waals surface area contributed by atoms with Crippen molar-refractivity contribution < 1.29 is 0 Å². The first-order chi connectivity index (χ1) is 8.26. The van der Waals surface area contributed by atoms with Crippen LogP contribution >= 0.6 is 12.6 Å². The molecule has 0 atom stereocenters. The van der Waals surface area contributed by atoms with Gasteiger partial charge in [0, 0.05) is 6.54 Å². The normalized spacial score (nSPS) is 19.3. The van der Waals surface area contributed by atoms with Gasteiger partial charge in [0.1, 0.15) is 0 Å². The number of rotatable bonds is 5. The van der Waals surface area contributed by atoms with Crippen LogP contribution in [0.3, 0.4) is 0 Å². The third kappa shape index (κ3) is 4.58. The number of hydrogen-bond donors (Lipinski definition) is 1. The van der Waals surface area contributed by atoms with E-state index in [1.807, 2.05) is 4.90 Å². The summed E-state index contributed by atoms with van der Waals surface area (Å²) in [5.74, 6) is 0.861. The van der Waals surface area contributed by atoms with Crippen molar-refractivity contribution in [1.29, 1.82) is 10.5 Å². The second-order valence-corrected chi connectivity index (χ2v) is 5.35. The Kier molecular flexibility index (Phi) is 6.40. The number of nitrogens with zero attached hydrogens (tertiary/aromatic N) is 3. The van der Waals surface area contributed by atoms with Crippen LogP contribution in [0.4, 0.5) is 0 Å². The average Bonchev–Trinajstić information content (AvgIpc) is 2.56. The summed E-state index contributed by atoms with van der Waals surface area (Å²) in [6, 6.07) is 4.30. The van der Waals surface area contributed by atoms with Crippen molar-refractivity contribution in [2.75, 3.05) is 25.4 Å². The molecule has 0 heterocycles. The minimum absolute atomic E-state index is 0.216. The van der Waals surface area contributed by atoms with Crippen LogP contribution in [-0.4, -0.2) is 30.3 Å². The van der Waals surface area contributed by atoms with Gasteiger partial charge in [-0.1, -0.05) is 25.7 Å². The van der Waals surface area contributed by atoms with Crippen molar-refractivity contribution in [2.24, 2.45) is 5.41 Å². The maximum Gasteiger partial charge on any atom is 0.0874 e. The van der Waals surface area contributed by atoms with Crippen LogP contribution in [0, 0.1) is 28.1 Å². The monoisotopic (exact) mass is 251 g/mol. The summed E-state index contributed by atoms with van der Waals surface area (Å²) in [7, 11) is 0. The highest BCUT2D eigenvalue weighted by atomic mass is 32.1.